The molecular formula is C16H22ClN3. The average Bonchev–Trinajstić information content (AvgIpc) is 2.40. The van der Waals surface area contributed by atoms with Gasteiger partial charge in [0.25, 0.3) is 0 Å². The number of aryl methyl sites for hydroxylation is 2. The number of nitrogens with zero attached hydrogens (tertiary/aromatic N) is 2. The third kappa shape index (κ3) is 4.49. The van der Waals surface area contributed by atoms with E-state index < -0.39 is 0 Å². The van der Waals surface area contributed by atoms with Crippen molar-refractivity contribution < 1.29 is 0 Å². The second kappa shape index (κ2) is 7.85. The van der Waals surface area contributed by atoms with Crippen LogP contribution in [0.5, 0.6) is 0 Å². The summed E-state index contributed by atoms with van der Waals surface area (Å²) in [5, 5.41) is 4.07. The van der Waals surface area contributed by atoms with Crippen LogP contribution in [0.15, 0.2) is 30.6 Å². The molecule has 0 aliphatic rings. The molecule has 1 N–H and O–H groups in total. The fourth-order valence-corrected chi connectivity index (χ4v) is 2.21. The Kier molecular flexibility index (Phi) is 6.46. The van der Waals surface area contributed by atoms with Gasteiger partial charge in [0.2, 0.25) is 0 Å². The first kappa shape index (κ1) is 16.4. The van der Waals surface area contributed by atoms with Crippen molar-refractivity contribution >= 4 is 17.4 Å². The summed E-state index contributed by atoms with van der Waals surface area (Å²) in [6.45, 7) is 10.0. The lowest BCUT2D eigenvalue weighted by molar-refractivity contribution is 0.868. The molecule has 0 saturated carbocycles. The van der Waals surface area contributed by atoms with Crippen molar-refractivity contribution in [1.29, 1.82) is 0 Å². The number of aromatic nitrogens is 2. The molecule has 0 radical (unpaired) electrons. The molecular weight excluding hydrogens is 270 g/mol. The molecule has 0 aliphatic heterocycles. The van der Waals surface area contributed by atoms with Crippen LogP contribution >= 0.6 is 11.6 Å². The van der Waals surface area contributed by atoms with Crippen LogP contribution in [0.25, 0.3) is 0 Å². The van der Waals surface area contributed by atoms with Crippen molar-refractivity contribution in [2.45, 2.75) is 40.7 Å². The number of hydrogen-bond acceptors (Lipinski definition) is 3. The lowest BCUT2D eigenvalue weighted by Crippen LogP contribution is -2.09. The van der Waals surface area contributed by atoms with Gasteiger partial charge in [0, 0.05) is 11.2 Å². The summed E-state index contributed by atoms with van der Waals surface area (Å²) in [5.74, 6) is 0.763. The van der Waals surface area contributed by atoms with E-state index in [0.29, 0.717) is 0 Å². The van der Waals surface area contributed by atoms with E-state index in [1.807, 2.05) is 39.8 Å². The van der Waals surface area contributed by atoms with E-state index in [-0.39, 0.29) is 6.04 Å². The Bertz CT molecular complexity index is 555. The third-order valence-electron chi connectivity index (χ3n) is 2.74. The second-order valence-corrected chi connectivity index (χ2v) is 4.84. The van der Waals surface area contributed by atoms with Crippen molar-refractivity contribution in [2.75, 3.05) is 5.32 Å². The fraction of sp³-hybridized carbons (Fsp3) is 0.375. The Hall–Kier alpha value is -1.61. The van der Waals surface area contributed by atoms with Crippen molar-refractivity contribution in [1.82, 2.24) is 9.97 Å². The van der Waals surface area contributed by atoms with Crippen LogP contribution in [0.1, 0.15) is 43.6 Å². The molecule has 1 aromatic carbocycles. The van der Waals surface area contributed by atoms with E-state index >= 15 is 0 Å². The Morgan fingerprint density at radius 1 is 1.15 bits per heavy atom. The Balaban J connectivity index is 0.000000956. The summed E-state index contributed by atoms with van der Waals surface area (Å²) >= 11 is 6.25. The SMILES string of the molecule is CC.Cc1ccc(C(C)Nc2cncc(C)n2)c(Cl)c1. The van der Waals surface area contributed by atoms with E-state index in [4.69, 9.17) is 11.6 Å². The average molecular weight is 292 g/mol. The lowest BCUT2D eigenvalue weighted by Gasteiger charge is -2.16. The molecule has 0 spiro atoms. The minimum absolute atomic E-state index is 0.0919. The number of hydrogen-bond donors (Lipinski definition) is 1. The van der Waals surface area contributed by atoms with Gasteiger partial charge >= 0.3 is 0 Å². The summed E-state index contributed by atoms with van der Waals surface area (Å²) in [5.41, 5.74) is 3.11. The fourth-order valence-electron chi connectivity index (χ4n) is 1.82. The second-order valence-electron chi connectivity index (χ2n) is 4.44. The first-order valence-corrected chi connectivity index (χ1v) is 7.25. The van der Waals surface area contributed by atoms with Crippen LogP contribution in [0.2, 0.25) is 5.02 Å². The summed E-state index contributed by atoms with van der Waals surface area (Å²) in [6, 6.07) is 6.16. The maximum atomic E-state index is 6.25. The summed E-state index contributed by atoms with van der Waals surface area (Å²) in [4.78, 5) is 8.48. The number of halogens is 1. The Labute approximate surface area is 126 Å². The van der Waals surface area contributed by atoms with Gasteiger partial charge in [-0.1, -0.05) is 37.6 Å². The van der Waals surface area contributed by atoms with Crippen LogP contribution in [0, 0.1) is 13.8 Å². The van der Waals surface area contributed by atoms with E-state index in [1.54, 1.807) is 12.4 Å². The minimum atomic E-state index is 0.0919. The topological polar surface area (TPSA) is 37.8 Å². The van der Waals surface area contributed by atoms with Crippen molar-refractivity contribution in [3.05, 3.63) is 52.4 Å². The summed E-state index contributed by atoms with van der Waals surface area (Å²) in [7, 11) is 0. The predicted octanol–water partition coefficient (Wildman–Crippen LogP) is 4.95. The number of nitrogens with one attached hydrogen (secondary N) is 1. The van der Waals surface area contributed by atoms with Gasteiger partial charge < -0.3 is 5.32 Å². The maximum Gasteiger partial charge on any atom is 0.145 e. The van der Waals surface area contributed by atoms with Crippen molar-refractivity contribution in [2.24, 2.45) is 0 Å². The van der Waals surface area contributed by atoms with Crippen LogP contribution in [-0.2, 0) is 0 Å². The zero-order chi connectivity index (χ0) is 15.1. The highest BCUT2D eigenvalue weighted by atomic mass is 35.5. The molecule has 0 saturated heterocycles. The molecule has 1 aromatic heterocycles. The van der Waals surface area contributed by atoms with Gasteiger partial charge in [0.1, 0.15) is 5.82 Å². The molecule has 0 fully saturated rings. The zero-order valence-corrected chi connectivity index (χ0v) is 13.5. The highest BCUT2D eigenvalue weighted by molar-refractivity contribution is 6.31. The standard InChI is InChI=1S/C14H16ClN3.C2H6/c1-9-4-5-12(13(15)6-9)11(3)18-14-8-16-7-10(2)17-14;1-2/h4-8,11H,1-3H3,(H,17,18);1-2H3. The van der Waals surface area contributed by atoms with Crippen molar-refractivity contribution in [3.63, 3.8) is 0 Å². The largest absolute Gasteiger partial charge is 0.362 e. The number of rotatable bonds is 3. The van der Waals surface area contributed by atoms with Gasteiger partial charge in [-0.3, -0.25) is 4.98 Å². The Morgan fingerprint density at radius 2 is 1.85 bits per heavy atom. The molecule has 2 aromatic rings. The molecule has 3 nitrogen and oxygen atoms in total. The summed E-state index contributed by atoms with van der Waals surface area (Å²) in [6.07, 6.45) is 3.44. The van der Waals surface area contributed by atoms with Gasteiger partial charge in [-0.05, 0) is 38.0 Å². The molecule has 108 valence electrons. The van der Waals surface area contributed by atoms with Gasteiger partial charge in [-0.2, -0.15) is 0 Å². The van der Waals surface area contributed by atoms with Crippen LogP contribution in [0.3, 0.4) is 0 Å². The molecule has 20 heavy (non-hydrogen) atoms. The molecule has 0 bridgehead atoms. The van der Waals surface area contributed by atoms with E-state index in [0.717, 1.165) is 27.7 Å². The van der Waals surface area contributed by atoms with Gasteiger partial charge in [-0.25, -0.2) is 4.98 Å². The molecule has 1 unspecified atom stereocenters. The third-order valence-corrected chi connectivity index (χ3v) is 3.07. The molecule has 1 heterocycles. The number of benzene rings is 1. The molecule has 1 atom stereocenters. The normalized spacial score (nSPS) is 11.3. The van der Waals surface area contributed by atoms with Gasteiger partial charge in [0.15, 0.2) is 0 Å². The van der Waals surface area contributed by atoms with Crippen LogP contribution in [0.4, 0.5) is 5.82 Å². The van der Waals surface area contributed by atoms with Crippen LogP contribution in [-0.4, -0.2) is 9.97 Å². The molecule has 0 aliphatic carbocycles. The first-order chi connectivity index (χ1) is 9.56. The maximum absolute atomic E-state index is 6.25. The van der Waals surface area contributed by atoms with Crippen molar-refractivity contribution in [3.8, 4) is 0 Å². The highest BCUT2D eigenvalue weighted by Gasteiger charge is 2.10. The van der Waals surface area contributed by atoms with Gasteiger partial charge in [0.05, 0.1) is 17.9 Å². The van der Waals surface area contributed by atoms with E-state index in [1.165, 1.54) is 0 Å². The first-order valence-electron chi connectivity index (χ1n) is 6.87. The minimum Gasteiger partial charge on any atom is -0.362 e. The Morgan fingerprint density at radius 3 is 2.45 bits per heavy atom. The number of anilines is 1. The predicted molar refractivity (Wildman–Crippen MR) is 86.3 cm³/mol. The summed E-state index contributed by atoms with van der Waals surface area (Å²) < 4.78 is 0. The van der Waals surface area contributed by atoms with E-state index in [9.17, 15) is 0 Å². The lowest BCUT2D eigenvalue weighted by atomic mass is 10.1. The zero-order valence-electron chi connectivity index (χ0n) is 12.7. The van der Waals surface area contributed by atoms with E-state index in [2.05, 4.69) is 28.3 Å². The quantitative estimate of drug-likeness (QED) is 0.870. The smallest absolute Gasteiger partial charge is 0.145 e. The molecule has 2 rings (SSSR count). The molecule has 4 heteroatoms. The van der Waals surface area contributed by atoms with Gasteiger partial charge in [-0.15, -0.1) is 0 Å². The van der Waals surface area contributed by atoms with Crippen LogP contribution < -0.4 is 5.32 Å². The monoisotopic (exact) mass is 291 g/mol. The highest BCUT2D eigenvalue weighted by Crippen LogP contribution is 2.26. The molecule has 0 amide bonds.